The van der Waals surface area contributed by atoms with Gasteiger partial charge in [0, 0.05) is 0 Å². The second-order valence-electron chi connectivity index (χ2n) is 5.53. The second kappa shape index (κ2) is 4.85. The number of benzene rings is 4. The van der Waals surface area contributed by atoms with Crippen LogP contribution in [0.2, 0.25) is 0 Å². The van der Waals surface area contributed by atoms with Gasteiger partial charge in [0.15, 0.2) is 0 Å². The first-order valence-electron chi connectivity index (χ1n) is 7.28. The van der Waals surface area contributed by atoms with Gasteiger partial charge in [0.05, 0.1) is 6.42 Å². The highest BCUT2D eigenvalue weighted by Gasteiger charge is 2.11. The Morgan fingerprint density at radius 1 is 0.727 bits per heavy atom. The van der Waals surface area contributed by atoms with Crippen molar-refractivity contribution in [1.82, 2.24) is 0 Å². The van der Waals surface area contributed by atoms with E-state index in [1.54, 1.807) is 0 Å². The van der Waals surface area contributed by atoms with Crippen LogP contribution in [0.4, 0.5) is 0 Å². The second-order valence-corrected chi connectivity index (χ2v) is 5.53. The van der Waals surface area contributed by atoms with Crippen LogP contribution in [-0.2, 0) is 11.2 Å². The highest BCUT2D eigenvalue weighted by Crippen LogP contribution is 2.33. The van der Waals surface area contributed by atoms with Crippen LogP contribution in [0.25, 0.3) is 32.3 Å². The highest BCUT2D eigenvalue weighted by molar-refractivity contribution is 6.18. The zero-order valence-electron chi connectivity index (χ0n) is 11.9. The number of carboxylic acids is 1. The van der Waals surface area contributed by atoms with Crippen LogP contribution in [0.15, 0.2) is 66.7 Å². The zero-order chi connectivity index (χ0) is 15.1. The quantitative estimate of drug-likeness (QED) is 0.539. The van der Waals surface area contributed by atoms with Gasteiger partial charge in [-0.1, -0.05) is 60.7 Å². The molecule has 0 amide bonds. The minimum atomic E-state index is -0.801. The number of aliphatic carboxylic acids is 1. The summed E-state index contributed by atoms with van der Waals surface area (Å²) in [6.07, 6.45) is 0.0413. The Bertz CT molecular complexity index is 1030. The van der Waals surface area contributed by atoms with Crippen LogP contribution in [0, 0.1) is 0 Å². The molecule has 1 N–H and O–H groups in total. The van der Waals surface area contributed by atoms with Crippen molar-refractivity contribution in [2.24, 2.45) is 0 Å². The van der Waals surface area contributed by atoms with Crippen molar-refractivity contribution in [1.29, 1.82) is 0 Å². The molecule has 0 aliphatic heterocycles. The predicted octanol–water partition coefficient (Wildman–Crippen LogP) is 4.77. The van der Waals surface area contributed by atoms with Gasteiger partial charge in [-0.15, -0.1) is 0 Å². The minimum Gasteiger partial charge on any atom is -0.481 e. The Morgan fingerprint density at radius 2 is 1.36 bits per heavy atom. The van der Waals surface area contributed by atoms with Gasteiger partial charge in [-0.2, -0.15) is 0 Å². The van der Waals surface area contributed by atoms with Crippen molar-refractivity contribution in [2.45, 2.75) is 6.42 Å². The molecule has 0 radical (unpaired) electrons. The lowest BCUT2D eigenvalue weighted by molar-refractivity contribution is -0.136. The van der Waals surface area contributed by atoms with Crippen LogP contribution in [0.1, 0.15) is 5.56 Å². The predicted molar refractivity (Wildman–Crippen MR) is 90.3 cm³/mol. The Hall–Kier alpha value is -2.87. The third kappa shape index (κ3) is 1.92. The molecule has 4 aromatic carbocycles. The molecular formula is C20H14O2. The van der Waals surface area contributed by atoms with Crippen molar-refractivity contribution in [2.75, 3.05) is 0 Å². The first-order chi connectivity index (χ1) is 10.7. The molecule has 4 aromatic rings. The van der Waals surface area contributed by atoms with E-state index >= 15 is 0 Å². The van der Waals surface area contributed by atoms with Crippen LogP contribution < -0.4 is 0 Å². The van der Waals surface area contributed by atoms with Gasteiger partial charge < -0.3 is 5.11 Å². The Balaban J connectivity index is 2.21. The van der Waals surface area contributed by atoms with Crippen LogP contribution in [0.3, 0.4) is 0 Å². The first kappa shape index (κ1) is 12.8. The van der Waals surface area contributed by atoms with E-state index in [2.05, 4.69) is 30.3 Å². The molecule has 0 saturated heterocycles. The molecule has 0 bridgehead atoms. The van der Waals surface area contributed by atoms with Crippen LogP contribution in [0.5, 0.6) is 0 Å². The average Bonchev–Trinajstić information content (AvgIpc) is 2.54. The van der Waals surface area contributed by atoms with Crippen molar-refractivity contribution in [3.63, 3.8) is 0 Å². The molecule has 0 saturated carbocycles. The number of carboxylic acid groups (broad SMARTS) is 1. The summed E-state index contributed by atoms with van der Waals surface area (Å²) in [6, 6.07) is 22.5. The minimum absolute atomic E-state index is 0.0413. The van der Waals surface area contributed by atoms with E-state index in [0.29, 0.717) is 0 Å². The number of hydrogen-bond acceptors (Lipinski definition) is 1. The summed E-state index contributed by atoms with van der Waals surface area (Å²) in [5.74, 6) is -0.801. The van der Waals surface area contributed by atoms with Gasteiger partial charge in [-0.05, 0) is 43.9 Å². The Morgan fingerprint density at radius 3 is 2.14 bits per heavy atom. The fourth-order valence-electron chi connectivity index (χ4n) is 3.25. The van der Waals surface area contributed by atoms with Gasteiger partial charge in [0.25, 0.3) is 0 Å². The summed E-state index contributed by atoms with van der Waals surface area (Å²) in [5, 5.41) is 16.0. The summed E-state index contributed by atoms with van der Waals surface area (Å²) in [4.78, 5) is 11.2. The highest BCUT2D eigenvalue weighted by atomic mass is 16.4. The Kier molecular flexibility index (Phi) is 2.83. The molecular weight excluding hydrogens is 272 g/mol. The van der Waals surface area contributed by atoms with Gasteiger partial charge in [0.1, 0.15) is 0 Å². The lowest BCUT2D eigenvalue weighted by Crippen LogP contribution is -2.01. The van der Waals surface area contributed by atoms with Gasteiger partial charge >= 0.3 is 5.97 Å². The first-order valence-corrected chi connectivity index (χ1v) is 7.28. The fourth-order valence-corrected chi connectivity index (χ4v) is 3.25. The molecule has 106 valence electrons. The molecule has 0 fully saturated rings. The van der Waals surface area contributed by atoms with E-state index in [-0.39, 0.29) is 6.42 Å². The third-order valence-electron chi connectivity index (χ3n) is 4.19. The fraction of sp³-hybridized carbons (Fsp3) is 0.0500. The number of fused-ring (bicyclic) bond motifs is 5. The summed E-state index contributed by atoms with van der Waals surface area (Å²) in [7, 11) is 0. The van der Waals surface area contributed by atoms with Crippen molar-refractivity contribution >= 4 is 38.3 Å². The molecule has 0 aliphatic carbocycles. The maximum absolute atomic E-state index is 11.2. The van der Waals surface area contributed by atoms with Crippen molar-refractivity contribution in [3.8, 4) is 0 Å². The van der Waals surface area contributed by atoms with Crippen molar-refractivity contribution in [3.05, 3.63) is 72.3 Å². The molecule has 0 aromatic heterocycles. The van der Waals surface area contributed by atoms with E-state index in [1.807, 2.05) is 36.4 Å². The molecule has 0 aliphatic rings. The van der Waals surface area contributed by atoms with Crippen molar-refractivity contribution < 1.29 is 9.90 Å². The largest absolute Gasteiger partial charge is 0.481 e. The topological polar surface area (TPSA) is 37.3 Å². The van der Waals surface area contributed by atoms with E-state index in [9.17, 15) is 9.90 Å². The van der Waals surface area contributed by atoms with Crippen LogP contribution >= 0.6 is 0 Å². The lowest BCUT2D eigenvalue weighted by Gasteiger charge is -2.11. The summed E-state index contributed by atoms with van der Waals surface area (Å²) >= 11 is 0. The van der Waals surface area contributed by atoms with Gasteiger partial charge in [-0.3, -0.25) is 4.79 Å². The van der Waals surface area contributed by atoms with E-state index in [4.69, 9.17) is 0 Å². The summed E-state index contributed by atoms with van der Waals surface area (Å²) < 4.78 is 0. The average molecular weight is 286 g/mol. The molecule has 0 unspecified atom stereocenters. The number of rotatable bonds is 2. The smallest absolute Gasteiger partial charge is 0.307 e. The van der Waals surface area contributed by atoms with E-state index < -0.39 is 5.97 Å². The zero-order valence-corrected chi connectivity index (χ0v) is 11.9. The monoisotopic (exact) mass is 286 g/mol. The maximum Gasteiger partial charge on any atom is 0.307 e. The molecule has 2 heteroatoms. The number of hydrogen-bond donors (Lipinski definition) is 1. The maximum atomic E-state index is 11.2. The normalized spacial score (nSPS) is 11.3. The Labute approximate surface area is 127 Å². The molecule has 2 nitrogen and oxygen atoms in total. The van der Waals surface area contributed by atoms with Gasteiger partial charge in [0.2, 0.25) is 0 Å². The van der Waals surface area contributed by atoms with Crippen LogP contribution in [-0.4, -0.2) is 11.1 Å². The molecule has 0 heterocycles. The third-order valence-corrected chi connectivity index (χ3v) is 4.19. The standard InChI is InChI=1S/C20H14O2/c21-20(22)12-14-11-19-15-6-2-1-5-13(15)9-10-18(19)17-8-4-3-7-16(14)17/h1-11H,12H2,(H,21,22). The van der Waals surface area contributed by atoms with Gasteiger partial charge in [-0.25, -0.2) is 0 Å². The summed E-state index contributed by atoms with van der Waals surface area (Å²) in [5.41, 5.74) is 0.868. The molecule has 4 rings (SSSR count). The molecule has 0 spiro atoms. The summed E-state index contributed by atoms with van der Waals surface area (Å²) in [6.45, 7) is 0. The molecule has 22 heavy (non-hydrogen) atoms. The van der Waals surface area contributed by atoms with E-state index in [1.165, 1.54) is 10.8 Å². The number of carbonyl (C=O) groups is 1. The SMILES string of the molecule is O=C(O)Cc1cc2c3ccccc3ccc2c2ccccc12. The molecule has 0 atom stereocenters. The van der Waals surface area contributed by atoms with E-state index in [0.717, 1.165) is 27.1 Å². The lowest BCUT2D eigenvalue weighted by atomic mass is 9.93.